The van der Waals surface area contributed by atoms with E-state index in [4.69, 9.17) is 11.5 Å². The number of guanidine groups is 1. The number of nitrogens with zero attached hydrogens (tertiary/aromatic N) is 3. The topological polar surface area (TPSA) is 230 Å². The third-order valence-corrected chi connectivity index (χ3v) is 10.4. The maximum Gasteiger partial charge on any atom is 0.326 e. The lowest BCUT2D eigenvalue weighted by Gasteiger charge is -2.39. The Morgan fingerprint density at radius 2 is 1.38 bits per heavy atom. The molecule has 2 heterocycles. The number of rotatable bonds is 15. The molecule has 1 aliphatic carbocycles. The predicted octanol–water partition coefficient (Wildman–Crippen LogP) is 1.18. The first kappa shape index (κ1) is 40.1. The molecule has 5 atom stereocenters. The Labute approximate surface area is 305 Å². The van der Waals surface area contributed by atoms with Gasteiger partial charge in [-0.3, -0.25) is 29.0 Å². The summed E-state index contributed by atoms with van der Waals surface area (Å²) >= 11 is 0. The van der Waals surface area contributed by atoms with Gasteiger partial charge in [0.2, 0.25) is 29.5 Å². The Morgan fingerprint density at radius 1 is 0.788 bits per heavy atom. The molecule has 1 aromatic rings. The zero-order valence-electron chi connectivity index (χ0n) is 30.3. The van der Waals surface area contributed by atoms with E-state index in [0.717, 1.165) is 37.7 Å². The van der Waals surface area contributed by atoms with Gasteiger partial charge in [0.25, 0.3) is 0 Å². The second-order valence-corrected chi connectivity index (χ2v) is 14.3. The van der Waals surface area contributed by atoms with Crippen LogP contribution >= 0.6 is 0 Å². The maximum atomic E-state index is 14.4. The highest BCUT2D eigenvalue weighted by Crippen LogP contribution is 2.27. The van der Waals surface area contributed by atoms with Crippen LogP contribution in [0.3, 0.4) is 0 Å². The van der Waals surface area contributed by atoms with Crippen LogP contribution in [0.2, 0.25) is 0 Å². The van der Waals surface area contributed by atoms with Gasteiger partial charge in [-0.15, -0.1) is 0 Å². The van der Waals surface area contributed by atoms with Gasteiger partial charge in [0.15, 0.2) is 5.96 Å². The van der Waals surface area contributed by atoms with Crippen molar-refractivity contribution in [3.63, 3.8) is 0 Å². The number of carbonyl (C=O) groups excluding carboxylic acids is 5. The molecule has 0 radical (unpaired) electrons. The maximum absolute atomic E-state index is 14.4. The van der Waals surface area contributed by atoms with E-state index < -0.39 is 59.8 Å². The molecule has 2 saturated heterocycles. The molecule has 0 aromatic heterocycles. The Kier molecular flexibility index (Phi) is 15.3. The summed E-state index contributed by atoms with van der Waals surface area (Å²) in [5, 5.41) is 18.5. The van der Waals surface area contributed by atoms with Crippen molar-refractivity contribution in [1.29, 1.82) is 0 Å². The van der Waals surface area contributed by atoms with E-state index in [1.807, 2.05) is 30.3 Å². The minimum Gasteiger partial charge on any atom is -0.480 e. The van der Waals surface area contributed by atoms with Crippen LogP contribution in [-0.2, 0) is 35.2 Å². The summed E-state index contributed by atoms with van der Waals surface area (Å²) in [5.74, 6) is -3.49. The van der Waals surface area contributed by atoms with Crippen LogP contribution in [0.25, 0.3) is 0 Å². The fraction of sp³-hybridized carbons (Fsp3) is 0.649. The molecule has 52 heavy (non-hydrogen) atoms. The summed E-state index contributed by atoms with van der Waals surface area (Å²) in [4.78, 5) is 87.5. The fourth-order valence-corrected chi connectivity index (χ4v) is 7.74. The highest BCUT2D eigenvalue weighted by molar-refractivity contribution is 5.96. The molecule has 5 amide bonds. The van der Waals surface area contributed by atoms with Crippen molar-refractivity contribution in [2.45, 2.75) is 127 Å². The van der Waals surface area contributed by atoms with Crippen molar-refractivity contribution < 1.29 is 33.9 Å². The van der Waals surface area contributed by atoms with Crippen molar-refractivity contribution in [3.8, 4) is 0 Å². The number of aliphatic carboxylic acids is 1. The van der Waals surface area contributed by atoms with Crippen molar-refractivity contribution in [1.82, 2.24) is 25.8 Å². The quantitative estimate of drug-likeness (QED) is 0.0866. The number of aliphatic imine (C=N–C) groups is 1. The highest BCUT2D eigenvalue weighted by Gasteiger charge is 2.41. The first-order valence-corrected chi connectivity index (χ1v) is 18.8. The zero-order valence-corrected chi connectivity index (χ0v) is 30.3. The number of likely N-dealkylation sites (tertiary alicyclic amines) is 2. The lowest BCUT2D eigenvalue weighted by molar-refractivity contribution is -0.154. The molecule has 8 N–H and O–H groups in total. The predicted molar refractivity (Wildman–Crippen MR) is 194 cm³/mol. The molecule has 15 nitrogen and oxygen atoms in total. The van der Waals surface area contributed by atoms with Crippen molar-refractivity contribution >= 4 is 41.5 Å². The third kappa shape index (κ3) is 11.4. The largest absolute Gasteiger partial charge is 0.480 e. The van der Waals surface area contributed by atoms with Gasteiger partial charge in [-0.1, -0.05) is 49.6 Å². The molecular formula is C37H56N8O7. The average Bonchev–Trinajstić information content (AvgIpc) is 3.14. The number of benzene rings is 1. The van der Waals surface area contributed by atoms with Gasteiger partial charge in [0.1, 0.15) is 30.2 Å². The number of nitrogens with one attached hydrogen (secondary N) is 3. The number of piperidine rings is 2. The summed E-state index contributed by atoms with van der Waals surface area (Å²) in [7, 11) is 0. The van der Waals surface area contributed by atoms with Gasteiger partial charge < -0.3 is 42.3 Å². The normalized spacial score (nSPS) is 21.2. The van der Waals surface area contributed by atoms with Gasteiger partial charge in [0, 0.05) is 33.0 Å². The lowest BCUT2D eigenvalue weighted by Crippen LogP contribution is -2.62. The number of amides is 5. The Hall–Kier alpha value is -4.69. The Balaban J connectivity index is 1.57. The van der Waals surface area contributed by atoms with Gasteiger partial charge in [-0.2, -0.15) is 0 Å². The molecule has 15 heteroatoms. The molecule has 3 fully saturated rings. The zero-order chi connectivity index (χ0) is 37.6. The van der Waals surface area contributed by atoms with E-state index in [-0.39, 0.29) is 50.3 Å². The van der Waals surface area contributed by atoms with E-state index in [9.17, 15) is 33.9 Å². The SMILES string of the molecule is CC(=O)NC(C(=O)N[C@@H](CCCN=C(N)N)C(=O)N1CCCCC1C(=O)N[C@@H](Cc1ccccc1)C(=O)N1CCCCC1C(=O)O)C1CCCCC1. The van der Waals surface area contributed by atoms with Crippen LogP contribution in [0.1, 0.15) is 96.0 Å². The molecule has 1 aromatic carbocycles. The van der Waals surface area contributed by atoms with Gasteiger partial charge >= 0.3 is 5.97 Å². The molecule has 3 aliphatic rings. The van der Waals surface area contributed by atoms with Gasteiger partial charge in [-0.05, 0) is 75.7 Å². The number of hydrogen-bond acceptors (Lipinski definition) is 7. The average molecular weight is 725 g/mol. The van der Waals surface area contributed by atoms with Crippen LogP contribution in [0, 0.1) is 5.92 Å². The number of carbonyl (C=O) groups is 6. The smallest absolute Gasteiger partial charge is 0.326 e. The molecule has 0 spiro atoms. The minimum absolute atomic E-state index is 0.0664. The summed E-state index contributed by atoms with van der Waals surface area (Å²) in [6.07, 6.45) is 8.53. The van der Waals surface area contributed by atoms with Crippen LogP contribution in [0.15, 0.2) is 35.3 Å². The summed E-state index contributed by atoms with van der Waals surface area (Å²) in [6.45, 7) is 2.12. The van der Waals surface area contributed by atoms with E-state index >= 15 is 0 Å². The lowest BCUT2D eigenvalue weighted by atomic mass is 9.83. The van der Waals surface area contributed by atoms with E-state index in [1.54, 1.807) is 0 Å². The molecule has 2 aliphatic heterocycles. The second-order valence-electron chi connectivity index (χ2n) is 14.3. The number of hydrogen-bond donors (Lipinski definition) is 6. The summed E-state index contributed by atoms with van der Waals surface area (Å²) in [5.41, 5.74) is 11.8. The van der Waals surface area contributed by atoms with Crippen molar-refractivity contribution in [3.05, 3.63) is 35.9 Å². The Morgan fingerprint density at radius 3 is 2.00 bits per heavy atom. The number of carboxylic acids is 1. The fourth-order valence-electron chi connectivity index (χ4n) is 7.74. The molecule has 0 bridgehead atoms. The minimum atomic E-state index is -1.08. The highest BCUT2D eigenvalue weighted by atomic mass is 16.4. The first-order valence-electron chi connectivity index (χ1n) is 18.8. The van der Waals surface area contributed by atoms with E-state index in [2.05, 4.69) is 20.9 Å². The summed E-state index contributed by atoms with van der Waals surface area (Å²) in [6, 6.07) is 4.37. The van der Waals surface area contributed by atoms with E-state index in [1.165, 1.54) is 16.7 Å². The molecule has 3 unspecified atom stereocenters. The molecule has 4 rings (SSSR count). The van der Waals surface area contributed by atoms with Crippen LogP contribution in [-0.4, -0.2) is 106 Å². The molecule has 286 valence electrons. The van der Waals surface area contributed by atoms with Crippen LogP contribution < -0.4 is 27.4 Å². The first-order chi connectivity index (χ1) is 25.0. The number of carboxylic acid groups (broad SMARTS) is 1. The van der Waals surface area contributed by atoms with Crippen molar-refractivity contribution in [2.75, 3.05) is 19.6 Å². The van der Waals surface area contributed by atoms with E-state index in [0.29, 0.717) is 44.9 Å². The Bertz CT molecular complexity index is 1430. The number of nitrogens with two attached hydrogens (primary N) is 2. The van der Waals surface area contributed by atoms with Gasteiger partial charge in [-0.25, -0.2) is 4.79 Å². The second kappa shape index (κ2) is 19.8. The van der Waals surface area contributed by atoms with Crippen LogP contribution in [0.5, 0.6) is 0 Å². The molecule has 1 saturated carbocycles. The van der Waals surface area contributed by atoms with Gasteiger partial charge in [0.05, 0.1) is 0 Å². The van der Waals surface area contributed by atoms with Crippen molar-refractivity contribution in [2.24, 2.45) is 22.4 Å². The van der Waals surface area contributed by atoms with Crippen LogP contribution in [0.4, 0.5) is 0 Å². The monoisotopic (exact) mass is 724 g/mol. The molecular weight excluding hydrogens is 668 g/mol. The third-order valence-electron chi connectivity index (χ3n) is 10.4. The standard InChI is InChI=1S/C37H56N8O7/c1-24(46)41-31(26-15-6-3-7-16-26)33(48)42-27(17-12-20-40-37(38)39)34(49)44-21-10-8-18-29(44)32(47)43-28(23-25-13-4-2-5-14-25)35(50)45-22-11-9-19-30(45)36(51)52/h2,4-5,13-14,26-31H,3,6-12,15-23H2,1H3,(H,41,46)(H,42,48)(H,43,47)(H,51,52)(H4,38,39,40)/t27-,28-,29?,30?,31?/m0/s1. The summed E-state index contributed by atoms with van der Waals surface area (Å²) < 4.78 is 0.